The highest BCUT2D eigenvalue weighted by molar-refractivity contribution is 5.84. The Bertz CT molecular complexity index is 496. The number of carbonyl (C=O) groups is 1. The van der Waals surface area contributed by atoms with Crippen molar-refractivity contribution in [1.82, 2.24) is 10.2 Å². The van der Waals surface area contributed by atoms with Crippen LogP contribution in [-0.2, 0) is 9.53 Å². The number of likely N-dealkylation sites (N-methyl/N-ethyl adjacent to an activating group) is 1. The lowest BCUT2D eigenvalue weighted by Crippen LogP contribution is -2.52. The minimum Gasteiger partial charge on any atom is -0.382 e. The minimum absolute atomic E-state index is 0.0597. The van der Waals surface area contributed by atoms with Gasteiger partial charge in [0.15, 0.2) is 0 Å². The van der Waals surface area contributed by atoms with Crippen molar-refractivity contribution in [3.05, 3.63) is 35.6 Å². The molecule has 0 saturated heterocycles. The van der Waals surface area contributed by atoms with Crippen LogP contribution in [0, 0.1) is 5.82 Å². The van der Waals surface area contributed by atoms with E-state index in [1.165, 1.54) is 12.1 Å². The maximum absolute atomic E-state index is 13.1. The molecular formula is C17H25FN2O2. The predicted octanol–water partition coefficient (Wildman–Crippen LogP) is 2.50. The second kappa shape index (κ2) is 7.20. The molecule has 0 aromatic heterocycles. The van der Waals surface area contributed by atoms with E-state index in [4.69, 9.17) is 4.74 Å². The number of ether oxygens (including phenoxy) is 1. The van der Waals surface area contributed by atoms with Gasteiger partial charge in [-0.25, -0.2) is 4.39 Å². The molecule has 1 atom stereocenters. The Balaban J connectivity index is 2.17. The van der Waals surface area contributed by atoms with Gasteiger partial charge in [-0.05, 0) is 44.6 Å². The molecule has 1 aliphatic carbocycles. The number of benzene rings is 1. The van der Waals surface area contributed by atoms with Crippen molar-refractivity contribution in [2.75, 3.05) is 27.8 Å². The first-order chi connectivity index (χ1) is 10.5. The van der Waals surface area contributed by atoms with Crippen molar-refractivity contribution in [3.63, 3.8) is 0 Å². The summed E-state index contributed by atoms with van der Waals surface area (Å²) >= 11 is 0. The smallest absolute Gasteiger partial charge is 0.242 e. The van der Waals surface area contributed by atoms with Crippen LogP contribution < -0.4 is 5.32 Å². The molecule has 1 saturated carbocycles. The number of amides is 1. The number of methoxy groups -OCH3 is 1. The van der Waals surface area contributed by atoms with Crippen LogP contribution in [0.25, 0.3) is 0 Å². The summed E-state index contributed by atoms with van der Waals surface area (Å²) in [7, 11) is 5.37. The van der Waals surface area contributed by atoms with Gasteiger partial charge in [0.1, 0.15) is 11.9 Å². The Morgan fingerprint density at radius 3 is 2.41 bits per heavy atom. The van der Waals surface area contributed by atoms with Crippen LogP contribution in [0.5, 0.6) is 0 Å². The van der Waals surface area contributed by atoms with Gasteiger partial charge in [0.2, 0.25) is 5.91 Å². The first-order valence-corrected chi connectivity index (χ1v) is 7.70. The van der Waals surface area contributed by atoms with Gasteiger partial charge in [-0.15, -0.1) is 0 Å². The largest absolute Gasteiger partial charge is 0.382 e. The maximum atomic E-state index is 13.1. The Labute approximate surface area is 131 Å². The lowest BCUT2D eigenvalue weighted by Gasteiger charge is -2.33. The molecule has 1 N–H and O–H groups in total. The molecule has 4 nitrogen and oxygen atoms in total. The summed E-state index contributed by atoms with van der Waals surface area (Å²) in [5.41, 5.74) is 0.523. The van der Waals surface area contributed by atoms with Crippen molar-refractivity contribution in [2.45, 2.75) is 37.3 Å². The minimum atomic E-state index is -0.435. The molecule has 1 aliphatic rings. The molecule has 0 unspecified atom stereocenters. The van der Waals surface area contributed by atoms with Crippen LogP contribution >= 0.6 is 0 Å². The van der Waals surface area contributed by atoms with E-state index in [0.717, 1.165) is 31.2 Å². The number of nitrogens with zero attached hydrogens (tertiary/aromatic N) is 1. The SMILES string of the molecule is COCC1(NC(=O)[C@H](c2ccc(F)cc2)N(C)C)CCCC1. The van der Waals surface area contributed by atoms with Gasteiger partial charge < -0.3 is 10.1 Å². The summed E-state index contributed by atoms with van der Waals surface area (Å²) in [5.74, 6) is -0.358. The Kier molecular flexibility index (Phi) is 5.53. The van der Waals surface area contributed by atoms with Crippen LogP contribution in [0.2, 0.25) is 0 Å². The van der Waals surface area contributed by atoms with E-state index in [0.29, 0.717) is 6.61 Å². The highest BCUT2D eigenvalue weighted by atomic mass is 19.1. The molecule has 0 radical (unpaired) electrons. The molecule has 1 aromatic rings. The van der Waals surface area contributed by atoms with Gasteiger partial charge in [-0.1, -0.05) is 25.0 Å². The summed E-state index contributed by atoms with van der Waals surface area (Å²) in [4.78, 5) is 14.6. The van der Waals surface area contributed by atoms with Crippen LogP contribution in [0.1, 0.15) is 37.3 Å². The maximum Gasteiger partial charge on any atom is 0.242 e. The zero-order valence-corrected chi connectivity index (χ0v) is 13.6. The summed E-state index contributed by atoms with van der Waals surface area (Å²) < 4.78 is 18.4. The van der Waals surface area contributed by atoms with E-state index in [2.05, 4.69) is 5.32 Å². The second-order valence-corrected chi connectivity index (χ2v) is 6.33. The average Bonchev–Trinajstić information content (AvgIpc) is 2.89. The predicted molar refractivity (Wildman–Crippen MR) is 84.0 cm³/mol. The van der Waals surface area contributed by atoms with Crippen LogP contribution in [0.3, 0.4) is 0 Å². The third-order valence-electron chi connectivity index (χ3n) is 4.32. The molecule has 0 bridgehead atoms. The highest BCUT2D eigenvalue weighted by Gasteiger charge is 2.37. The molecule has 1 fully saturated rings. The molecule has 0 heterocycles. The van der Waals surface area contributed by atoms with Crippen LogP contribution in [0.15, 0.2) is 24.3 Å². The van der Waals surface area contributed by atoms with Crippen molar-refractivity contribution in [1.29, 1.82) is 0 Å². The molecule has 22 heavy (non-hydrogen) atoms. The van der Waals surface area contributed by atoms with Gasteiger partial charge in [0, 0.05) is 7.11 Å². The number of halogens is 1. The number of nitrogens with one attached hydrogen (secondary N) is 1. The highest BCUT2D eigenvalue weighted by Crippen LogP contribution is 2.31. The molecule has 1 amide bonds. The summed E-state index contributed by atoms with van der Waals surface area (Å²) in [6.45, 7) is 0.530. The lowest BCUT2D eigenvalue weighted by molar-refractivity contribution is -0.128. The van der Waals surface area contributed by atoms with Crippen LogP contribution in [-0.4, -0.2) is 44.2 Å². The molecule has 5 heteroatoms. The summed E-state index contributed by atoms with van der Waals surface area (Å²) in [5, 5.41) is 3.19. The van der Waals surface area contributed by atoms with E-state index in [1.54, 1.807) is 19.2 Å². The van der Waals surface area contributed by atoms with E-state index in [1.807, 2.05) is 19.0 Å². The van der Waals surface area contributed by atoms with Crippen molar-refractivity contribution in [2.24, 2.45) is 0 Å². The summed E-state index contributed by atoms with van der Waals surface area (Å²) in [6.07, 6.45) is 4.09. The third-order valence-corrected chi connectivity index (χ3v) is 4.32. The first-order valence-electron chi connectivity index (χ1n) is 7.70. The number of rotatable bonds is 6. The monoisotopic (exact) mass is 308 g/mol. The molecule has 122 valence electrons. The van der Waals surface area contributed by atoms with Gasteiger partial charge in [0.05, 0.1) is 12.1 Å². The second-order valence-electron chi connectivity index (χ2n) is 6.33. The fraction of sp³-hybridized carbons (Fsp3) is 0.588. The van der Waals surface area contributed by atoms with Crippen molar-refractivity contribution < 1.29 is 13.9 Å². The van der Waals surface area contributed by atoms with E-state index >= 15 is 0 Å². The zero-order valence-electron chi connectivity index (χ0n) is 13.6. The van der Waals surface area contributed by atoms with Crippen molar-refractivity contribution >= 4 is 5.91 Å². The fourth-order valence-corrected chi connectivity index (χ4v) is 3.29. The first kappa shape index (κ1) is 16.9. The molecular weight excluding hydrogens is 283 g/mol. The van der Waals surface area contributed by atoms with Crippen molar-refractivity contribution in [3.8, 4) is 0 Å². The number of carbonyl (C=O) groups excluding carboxylic acids is 1. The quantitative estimate of drug-likeness (QED) is 0.878. The van der Waals surface area contributed by atoms with Gasteiger partial charge >= 0.3 is 0 Å². The zero-order chi connectivity index (χ0) is 16.2. The fourth-order valence-electron chi connectivity index (χ4n) is 3.29. The van der Waals surface area contributed by atoms with Gasteiger partial charge in [-0.3, -0.25) is 9.69 Å². The number of hydrogen-bond donors (Lipinski definition) is 1. The van der Waals surface area contributed by atoms with E-state index in [9.17, 15) is 9.18 Å². The third kappa shape index (κ3) is 3.84. The van der Waals surface area contributed by atoms with E-state index < -0.39 is 6.04 Å². The van der Waals surface area contributed by atoms with E-state index in [-0.39, 0.29) is 17.3 Å². The molecule has 1 aromatic carbocycles. The average molecular weight is 308 g/mol. The normalized spacial score (nSPS) is 18.4. The summed E-state index contributed by atoms with van der Waals surface area (Å²) in [6, 6.07) is 5.67. The lowest BCUT2D eigenvalue weighted by atomic mass is 9.96. The van der Waals surface area contributed by atoms with Gasteiger partial charge in [-0.2, -0.15) is 0 Å². The van der Waals surface area contributed by atoms with Crippen LogP contribution in [0.4, 0.5) is 4.39 Å². The standard InChI is InChI=1S/C17H25FN2O2/c1-20(2)15(13-6-8-14(18)9-7-13)16(21)19-17(12-22-3)10-4-5-11-17/h6-9,15H,4-5,10-12H2,1-3H3,(H,19,21)/t15-/m0/s1. The van der Waals surface area contributed by atoms with Gasteiger partial charge in [0.25, 0.3) is 0 Å². The Hall–Kier alpha value is -1.46. The molecule has 0 spiro atoms. The number of hydrogen-bond acceptors (Lipinski definition) is 3. The Morgan fingerprint density at radius 2 is 1.91 bits per heavy atom. The molecule has 2 rings (SSSR count). The topological polar surface area (TPSA) is 41.6 Å². The Morgan fingerprint density at radius 1 is 1.32 bits per heavy atom. The molecule has 0 aliphatic heterocycles.